The van der Waals surface area contributed by atoms with Gasteiger partial charge in [-0.25, -0.2) is 4.98 Å². The van der Waals surface area contributed by atoms with Crippen molar-refractivity contribution in [3.05, 3.63) is 18.1 Å². The topological polar surface area (TPSA) is 41.1 Å². The molecular weight excluding hydrogens is 248 g/mol. The monoisotopic (exact) mass is 274 g/mol. The lowest BCUT2D eigenvalue weighted by molar-refractivity contribution is 0.295. The van der Waals surface area contributed by atoms with Gasteiger partial charge in [-0.05, 0) is 38.0 Å². The van der Waals surface area contributed by atoms with Gasteiger partial charge in [0, 0.05) is 31.4 Å². The van der Waals surface area contributed by atoms with Crippen molar-refractivity contribution < 1.29 is 0 Å². The first-order chi connectivity index (χ1) is 9.63. The molecule has 1 saturated heterocycles. The van der Waals surface area contributed by atoms with E-state index >= 15 is 0 Å². The van der Waals surface area contributed by atoms with Crippen LogP contribution in [0.5, 0.6) is 0 Å². The average molecular weight is 274 g/mol. The molecule has 1 N–H and O–H groups in total. The van der Waals surface area contributed by atoms with Crippen LogP contribution in [0.2, 0.25) is 0 Å². The number of anilines is 1. The van der Waals surface area contributed by atoms with Crippen molar-refractivity contribution in [3.8, 4) is 0 Å². The lowest BCUT2D eigenvalue weighted by atomic mass is 9.86. The van der Waals surface area contributed by atoms with E-state index in [4.69, 9.17) is 4.98 Å². The molecule has 3 rings (SSSR count). The minimum absolute atomic E-state index is 0.548. The molecule has 1 aromatic heterocycles. The maximum absolute atomic E-state index is 4.82. The van der Waals surface area contributed by atoms with Crippen molar-refractivity contribution in [2.45, 2.75) is 58.7 Å². The Labute approximate surface area is 122 Å². The minimum atomic E-state index is 0.548. The van der Waals surface area contributed by atoms with Gasteiger partial charge < -0.3 is 10.2 Å². The molecule has 2 aliphatic rings. The second-order valence-corrected chi connectivity index (χ2v) is 6.73. The average Bonchev–Trinajstić information content (AvgIpc) is 3.25. The number of aromatic nitrogens is 2. The van der Waals surface area contributed by atoms with E-state index in [1.165, 1.54) is 19.3 Å². The predicted molar refractivity (Wildman–Crippen MR) is 81.6 cm³/mol. The summed E-state index contributed by atoms with van der Waals surface area (Å²) in [7, 11) is 0. The molecule has 0 amide bonds. The SMILES string of the molecule is CC1CC(C)C(C)N(c2cncc(CNC3CC3)n2)C1. The van der Waals surface area contributed by atoms with E-state index in [-0.39, 0.29) is 0 Å². The van der Waals surface area contributed by atoms with Crippen LogP contribution in [0.25, 0.3) is 0 Å². The van der Waals surface area contributed by atoms with Gasteiger partial charge >= 0.3 is 0 Å². The van der Waals surface area contributed by atoms with Crippen LogP contribution in [0.15, 0.2) is 12.4 Å². The Bertz CT molecular complexity index is 458. The molecule has 1 saturated carbocycles. The van der Waals surface area contributed by atoms with Crippen LogP contribution in [-0.2, 0) is 6.54 Å². The third-order valence-corrected chi connectivity index (χ3v) is 4.71. The Morgan fingerprint density at radius 2 is 2.05 bits per heavy atom. The molecule has 1 aliphatic heterocycles. The molecule has 3 unspecified atom stereocenters. The Morgan fingerprint density at radius 3 is 2.80 bits per heavy atom. The van der Waals surface area contributed by atoms with E-state index in [1.807, 2.05) is 12.4 Å². The standard InChI is InChI=1S/C16H26N4/c1-11-6-12(2)13(3)20(10-11)16-9-17-7-15(19-16)8-18-14-4-5-14/h7,9,11-14,18H,4-6,8,10H2,1-3H3. The molecular formula is C16H26N4. The lowest BCUT2D eigenvalue weighted by Gasteiger charge is -2.41. The van der Waals surface area contributed by atoms with Gasteiger partial charge in [0.15, 0.2) is 0 Å². The first kappa shape index (κ1) is 13.8. The third kappa shape index (κ3) is 3.11. The predicted octanol–water partition coefficient (Wildman–Crippen LogP) is 2.60. The van der Waals surface area contributed by atoms with Gasteiger partial charge in [0.05, 0.1) is 11.9 Å². The van der Waals surface area contributed by atoms with E-state index in [0.29, 0.717) is 12.0 Å². The van der Waals surface area contributed by atoms with Gasteiger partial charge in [0.25, 0.3) is 0 Å². The normalized spacial score (nSPS) is 30.6. The molecule has 0 spiro atoms. The zero-order valence-electron chi connectivity index (χ0n) is 12.8. The zero-order chi connectivity index (χ0) is 14.1. The van der Waals surface area contributed by atoms with E-state index in [9.17, 15) is 0 Å². The lowest BCUT2D eigenvalue weighted by Crippen LogP contribution is -2.46. The highest BCUT2D eigenvalue weighted by Crippen LogP contribution is 2.30. The second-order valence-electron chi connectivity index (χ2n) is 6.73. The maximum Gasteiger partial charge on any atom is 0.147 e. The molecule has 110 valence electrons. The summed E-state index contributed by atoms with van der Waals surface area (Å²) in [5, 5.41) is 3.51. The van der Waals surface area contributed by atoms with Crippen LogP contribution in [0.1, 0.15) is 45.7 Å². The summed E-state index contributed by atoms with van der Waals surface area (Å²) in [6.07, 6.45) is 7.74. The number of piperidine rings is 1. The number of rotatable bonds is 4. The van der Waals surface area contributed by atoms with Crippen molar-refractivity contribution in [3.63, 3.8) is 0 Å². The van der Waals surface area contributed by atoms with Crippen molar-refractivity contribution in [1.29, 1.82) is 0 Å². The van der Waals surface area contributed by atoms with Gasteiger partial charge in [-0.3, -0.25) is 4.98 Å². The van der Waals surface area contributed by atoms with Gasteiger partial charge in [0.1, 0.15) is 5.82 Å². The van der Waals surface area contributed by atoms with E-state index in [2.05, 4.69) is 36.0 Å². The maximum atomic E-state index is 4.82. The van der Waals surface area contributed by atoms with Crippen molar-refractivity contribution in [2.24, 2.45) is 11.8 Å². The van der Waals surface area contributed by atoms with Crippen molar-refractivity contribution in [1.82, 2.24) is 15.3 Å². The van der Waals surface area contributed by atoms with E-state index in [1.54, 1.807) is 0 Å². The highest BCUT2D eigenvalue weighted by Gasteiger charge is 2.29. The quantitative estimate of drug-likeness (QED) is 0.916. The van der Waals surface area contributed by atoms with E-state index in [0.717, 1.165) is 36.6 Å². The van der Waals surface area contributed by atoms with Crippen molar-refractivity contribution >= 4 is 5.82 Å². The zero-order valence-corrected chi connectivity index (χ0v) is 12.8. The molecule has 0 radical (unpaired) electrons. The Morgan fingerprint density at radius 1 is 1.25 bits per heavy atom. The first-order valence-corrected chi connectivity index (χ1v) is 7.94. The van der Waals surface area contributed by atoms with Gasteiger partial charge in [-0.1, -0.05) is 13.8 Å². The fourth-order valence-electron chi connectivity index (χ4n) is 3.17. The Kier molecular flexibility index (Phi) is 3.92. The molecule has 0 bridgehead atoms. The highest BCUT2D eigenvalue weighted by molar-refractivity contribution is 5.39. The molecule has 2 fully saturated rings. The Balaban J connectivity index is 1.72. The van der Waals surface area contributed by atoms with Crippen LogP contribution in [-0.4, -0.2) is 28.6 Å². The fourth-order valence-corrected chi connectivity index (χ4v) is 3.17. The minimum Gasteiger partial charge on any atom is -0.352 e. The molecule has 4 nitrogen and oxygen atoms in total. The fraction of sp³-hybridized carbons (Fsp3) is 0.750. The smallest absolute Gasteiger partial charge is 0.147 e. The summed E-state index contributed by atoms with van der Waals surface area (Å²) < 4.78 is 0. The van der Waals surface area contributed by atoms with Gasteiger partial charge in [-0.15, -0.1) is 0 Å². The van der Waals surface area contributed by atoms with Crippen LogP contribution in [0.4, 0.5) is 5.82 Å². The molecule has 4 heteroatoms. The molecule has 1 aliphatic carbocycles. The van der Waals surface area contributed by atoms with E-state index < -0.39 is 0 Å². The number of hydrogen-bond acceptors (Lipinski definition) is 4. The number of nitrogens with one attached hydrogen (secondary N) is 1. The van der Waals surface area contributed by atoms with Crippen LogP contribution >= 0.6 is 0 Å². The number of nitrogens with zero attached hydrogens (tertiary/aromatic N) is 3. The van der Waals surface area contributed by atoms with Crippen LogP contribution in [0.3, 0.4) is 0 Å². The molecule has 2 heterocycles. The summed E-state index contributed by atoms with van der Waals surface area (Å²) in [4.78, 5) is 11.7. The molecule has 20 heavy (non-hydrogen) atoms. The number of hydrogen-bond donors (Lipinski definition) is 1. The third-order valence-electron chi connectivity index (χ3n) is 4.71. The largest absolute Gasteiger partial charge is 0.352 e. The highest BCUT2D eigenvalue weighted by atomic mass is 15.2. The molecule has 1 aromatic rings. The summed E-state index contributed by atoms with van der Waals surface area (Å²) in [6.45, 7) is 8.94. The van der Waals surface area contributed by atoms with Crippen LogP contribution in [0, 0.1) is 11.8 Å². The van der Waals surface area contributed by atoms with Crippen LogP contribution < -0.4 is 10.2 Å². The van der Waals surface area contributed by atoms with Gasteiger partial charge in [0.2, 0.25) is 0 Å². The second kappa shape index (κ2) is 5.68. The summed E-state index contributed by atoms with van der Waals surface area (Å²) in [5.41, 5.74) is 1.06. The molecule has 3 atom stereocenters. The molecule has 0 aromatic carbocycles. The first-order valence-electron chi connectivity index (χ1n) is 7.94. The Hall–Kier alpha value is -1.16. The summed E-state index contributed by atoms with van der Waals surface area (Å²) >= 11 is 0. The van der Waals surface area contributed by atoms with Gasteiger partial charge in [-0.2, -0.15) is 0 Å². The summed E-state index contributed by atoms with van der Waals surface area (Å²) in [6, 6.07) is 1.27. The summed E-state index contributed by atoms with van der Waals surface area (Å²) in [5.74, 6) is 2.50. The van der Waals surface area contributed by atoms with Crippen molar-refractivity contribution in [2.75, 3.05) is 11.4 Å².